The molecule has 2 atom stereocenters. The van der Waals surface area contributed by atoms with Crippen LogP contribution in [0.2, 0.25) is 0 Å². The first-order valence-electron chi connectivity index (χ1n) is 3.64. The molecule has 1 aliphatic rings. The van der Waals surface area contributed by atoms with E-state index in [1.807, 2.05) is 0 Å². The summed E-state index contributed by atoms with van der Waals surface area (Å²) < 4.78 is 12.1. The molecule has 0 saturated heterocycles. The number of nitrogens with two attached hydrogens (primary N) is 1. The summed E-state index contributed by atoms with van der Waals surface area (Å²) in [6.07, 6.45) is 3.37. The van der Waals surface area contributed by atoms with Gasteiger partial charge in [-0.15, -0.1) is 0 Å². The summed E-state index contributed by atoms with van der Waals surface area (Å²) in [6, 6.07) is 0. The van der Waals surface area contributed by atoms with Crippen molar-refractivity contribution in [3.8, 4) is 0 Å². The minimum Gasteiger partial charge on any atom is -0.330 e. The van der Waals surface area contributed by atoms with E-state index in [2.05, 4.69) is 0 Å². The van der Waals surface area contributed by atoms with Gasteiger partial charge in [0.05, 0.1) is 6.67 Å². The molecule has 0 unspecified atom stereocenters. The van der Waals surface area contributed by atoms with Crippen LogP contribution in [0.4, 0.5) is 4.39 Å². The quantitative estimate of drug-likeness (QED) is 0.601. The van der Waals surface area contributed by atoms with E-state index in [1.54, 1.807) is 0 Å². The zero-order valence-corrected chi connectivity index (χ0v) is 5.65. The Bertz CT molecular complexity index is 75.0. The molecule has 1 rings (SSSR count). The van der Waals surface area contributed by atoms with Crippen LogP contribution in [0.5, 0.6) is 0 Å². The fourth-order valence-corrected chi connectivity index (χ4v) is 1.63. The maximum absolute atomic E-state index is 12.1. The van der Waals surface area contributed by atoms with Crippen LogP contribution in [-0.4, -0.2) is 13.2 Å². The monoisotopic (exact) mass is 131 g/mol. The van der Waals surface area contributed by atoms with E-state index >= 15 is 0 Å². The minimum atomic E-state index is -0.165. The maximum atomic E-state index is 12.1. The highest BCUT2D eigenvalue weighted by atomic mass is 19.1. The van der Waals surface area contributed by atoms with Gasteiger partial charge in [-0.25, -0.2) is 0 Å². The SMILES string of the molecule is NC[C@@H]1CCC[C@@H]1CF. The van der Waals surface area contributed by atoms with Crippen LogP contribution in [0.25, 0.3) is 0 Å². The molecule has 0 aromatic rings. The molecule has 1 saturated carbocycles. The molecule has 0 radical (unpaired) electrons. The highest BCUT2D eigenvalue weighted by Gasteiger charge is 2.25. The molecule has 1 aliphatic carbocycles. The van der Waals surface area contributed by atoms with E-state index < -0.39 is 0 Å². The molecule has 1 nitrogen and oxygen atoms in total. The lowest BCUT2D eigenvalue weighted by atomic mass is 9.98. The molecule has 0 spiro atoms. The highest BCUT2D eigenvalue weighted by Crippen LogP contribution is 2.30. The Morgan fingerprint density at radius 3 is 2.44 bits per heavy atom. The first-order valence-corrected chi connectivity index (χ1v) is 3.64. The largest absolute Gasteiger partial charge is 0.330 e. The summed E-state index contributed by atoms with van der Waals surface area (Å²) in [5, 5.41) is 0. The van der Waals surface area contributed by atoms with Crippen molar-refractivity contribution in [1.82, 2.24) is 0 Å². The zero-order valence-electron chi connectivity index (χ0n) is 5.65. The number of rotatable bonds is 2. The summed E-state index contributed by atoms with van der Waals surface area (Å²) in [5.74, 6) is 0.769. The van der Waals surface area contributed by atoms with Crippen LogP contribution in [0, 0.1) is 11.8 Å². The maximum Gasteiger partial charge on any atom is 0.0925 e. The van der Waals surface area contributed by atoms with Crippen molar-refractivity contribution in [3.63, 3.8) is 0 Å². The smallest absolute Gasteiger partial charge is 0.0925 e. The van der Waals surface area contributed by atoms with Gasteiger partial charge in [-0.1, -0.05) is 6.42 Å². The summed E-state index contributed by atoms with van der Waals surface area (Å²) >= 11 is 0. The average molecular weight is 131 g/mol. The van der Waals surface area contributed by atoms with Crippen LogP contribution >= 0.6 is 0 Å². The van der Waals surface area contributed by atoms with Gasteiger partial charge in [-0.3, -0.25) is 4.39 Å². The molecule has 0 aromatic heterocycles. The Labute approximate surface area is 55.4 Å². The molecule has 9 heavy (non-hydrogen) atoms. The number of halogens is 1. The molecule has 0 bridgehead atoms. The first kappa shape index (κ1) is 7.00. The second-order valence-corrected chi connectivity index (χ2v) is 2.84. The molecular formula is C7H14FN. The molecule has 1 fully saturated rings. The van der Waals surface area contributed by atoms with Gasteiger partial charge in [0, 0.05) is 0 Å². The summed E-state index contributed by atoms with van der Waals surface area (Å²) in [5.41, 5.74) is 5.43. The average Bonchev–Trinajstić information content (AvgIpc) is 2.33. The molecule has 0 aliphatic heterocycles. The molecule has 0 amide bonds. The van der Waals surface area contributed by atoms with E-state index in [4.69, 9.17) is 5.73 Å². The number of hydrogen-bond donors (Lipinski definition) is 1. The standard InChI is InChI=1S/C7H14FN/c8-4-6-2-1-3-7(6)5-9/h6-7H,1-5,9H2/t6-,7+/m1/s1. The number of hydrogen-bond acceptors (Lipinski definition) is 1. The van der Waals surface area contributed by atoms with Crippen molar-refractivity contribution in [1.29, 1.82) is 0 Å². The third kappa shape index (κ3) is 1.42. The molecule has 0 heterocycles. The van der Waals surface area contributed by atoms with E-state index in [0.717, 1.165) is 12.8 Å². The van der Waals surface area contributed by atoms with Gasteiger partial charge in [-0.05, 0) is 31.2 Å². The van der Waals surface area contributed by atoms with Gasteiger partial charge in [0.25, 0.3) is 0 Å². The predicted octanol–water partition coefficient (Wildman–Crippen LogP) is 1.33. The predicted molar refractivity (Wildman–Crippen MR) is 35.9 cm³/mol. The Hall–Kier alpha value is -0.110. The van der Waals surface area contributed by atoms with Crippen LogP contribution in [0.1, 0.15) is 19.3 Å². The molecular weight excluding hydrogens is 117 g/mol. The van der Waals surface area contributed by atoms with Gasteiger partial charge in [0.15, 0.2) is 0 Å². The Morgan fingerprint density at radius 2 is 2.00 bits per heavy atom. The van der Waals surface area contributed by atoms with Gasteiger partial charge in [0.2, 0.25) is 0 Å². The fourth-order valence-electron chi connectivity index (χ4n) is 1.63. The van der Waals surface area contributed by atoms with Crippen molar-refractivity contribution in [2.75, 3.05) is 13.2 Å². The van der Waals surface area contributed by atoms with Gasteiger partial charge >= 0.3 is 0 Å². The Kier molecular flexibility index (Phi) is 2.46. The van der Waals surface area contributed by atoms with E-state index in [9.17, 15) is 4.39 Å². The van der Waals surface area contributed by atoms with Crippen LogP contribution in [-0.2, 0) is 0 Å². The molecule has 2 N–H and O–H groups in total. The Morgan fingerprint density at radius 1 is 1.33 bits per heavy atom. The molecule has 2 heteroatoms. The lowest BCUT2D eigenvalue weighted by Gasteiger charge is -2.12. The van der Waals surface area contributed by atoms with Gasteiger partial charge in [0.1, 0.15) is 0 Å². The van der Waals surface area contributed by atoms with Crippen molar-refractivity contribution < 1.29 is 4.39 Å². The lowest BCUT2D eigenvalue weighted by Crippen LogP contribution is -2.19. The minimum absolute atomic E-state index is 0.165. The van der Waals surface area contributed by atoms with Gasteiger partial charge < -0.3 is 5.73 Å². The lowest BCUT2D eigenvalue weighted by molar-refractivity contribution is 0.299. The van der Waals surface area contributed by atoms with Crippen molar-refractivity contribution in [3.05, 3.63) is 0 Å². The third-order valence-electron chi connectivity index (χ3n) is 2.32. The summed E-state index contributed by atoms with van der Waals surface area (Å²) in [4.78, 5) is 0. The summed E-state index contributed by atoms with van der Waals surface area (Å²) in [6.45, 7) is 0.510. The highest BCUT2D eigenvalue weighted by molar-refractivity contribution is 4.77. The van der Waals surface area contributed by atoms with E-state index in [0.29, 0.717) is 12.5 Å². The fraction of sp³-hybridized carbons (Fsp3) is 1.00. The van der Waals surface area contributed by atoms with Crippen LogP contribution < -0.4 is 5.73 Å². The van der Waals surface area contributed by atoms with Crippen molar-refractivity contribution in [2.24, 2.45) is 17.6 Å². The molecule has 54 valence electrons. The van der Waals surface area contributed by atoms with Crippen molar-refractivity contribution >= 4 is 0 Å². The molecule has 0 aromatic carbocycles. The second-order valence-electron chi connectivity index (χ2n) is 2.84. The second kappa shape index (κ2) is 3.16. The van der Waals surface area contributed by atoms with E-state index in [-0.39, 0.29) is 12.6 Å². The number of alkyl halides is 1. The summed E-state index contributed by atoms with van der Waals surface area (Å²) in [7, 11) is 0. The van der Waals surface area contributed by atoms with Crippen LogP contribution in [0.15, 0.2) is 0 Å². The first-order chi connectivity index (χ1) is 4.38. The topological polar surface area (TPSA) is 26.0 Å². The van der Waals surface area contributed by atoms with Gasteiger partial charge in [-0.2, -0.15) is 0 Å². The van der Waals surface area contributed by atoms with E-state index in [1.165, 1.54) is 6.42 Å². The van der Waals surface area contributed by atoms with Crippen LogP contribution in [0.3, 0.4) is 0 Å². The Balaban J connectivity index is 2.32. The normalized spacial score (nSPS) is 35.3. The van der Waals surface area contributed by atoms with Crippen molar-refractivity contribution in [2.45, 2.75) is 19.3 Å². The zero-order chi connectivity index (χ0) is 6.69. The third-order valence-corrected chi connectivity index (χ3v) is 2.32.